The van der Waals surface area contributed by atoms with Crippen LogP contribution < -0.4 is 5.32 Å². The van der Waals surface area contributed by atoms with Crippen molar-refractivity contribution < 1.29 is 9.59 Å². The van der Waals surface area contributed by atoms with E-state index in [0.717, 1.165) is 18.5 Å². The molecule has 132 valence electrons. The summed E-state index contributed by atoms with van der Waals surface area (Å²) in [6.07, 6.45) is 1.44. The highest BCUT2D eigenvalue weighted by Gasteiger charge is 2.29. The second kappa shape index (κ2) is 8.16. The van der Waals surface area contributed by atoms with E-state index in [4.69, 9.17) is 0 Å². The number of thiophene rings is 1. The molecule has 0 atom stereocenters. The Hall–Kier alpha value is -2.34. The molecule has 1 aromatic heterocycles. The van der Waals surface area contributed by atoms with Crippen molar-refractivity contribution in [1.82, 2.24) is 9.80 Å². The summed E-state index contributed by atoms with van der Waals surface area (Å²) in [4.78, 5) is 29.7. The molecule has 6 heteroatoms. The number of benzene rings is 1. The third-order valence-electron chi connectivity index (χ3n) is 4.51. The second-order valence-corrected chi connectivity index (χ2v) is 7.36. The zero-order valence-corrected chi connectivity index (χ0v) is 15.2. The Bertz CT molecular complexity index is 695. The highest BCUT2D eigenvalue weighted by Crippen LogP contribution is 2.21. The van der Waals surface area contributed by atoms with Crippen LogP contribution in [0.5, 0.6) is 0 Å². The minimum Gasteiger partial charge on any atom is -0.340 e. The summed E-state index contributed by atoms with van der Waals surface area (Å²) in [5, 5.41) is 4.93. The third-order valence-corrected chi connectivity index (χ3v) is 5.37. The van der Waals surface area contributed by atoms with Crippen molar-refractivity contribution in [2.45, 2.75) is 19.4 Å². The quantitative estimate of drug-likeness (QED) is 0.908. The molecular formula is C19H23N3O2S. The SMILES string of the molecule is CN(Cc1cccs1)C(=O)C1CCN(C(=O)Nc2ccccc2)CC1. The summed E-state index contributed by atoms with van der Waals surface area (Å²) < 4.78 is 0. The van der Waals surface area contributed by atoms with Gasteiger partial charge >= 0.3 is 6.03 Å². The lowest BCUT2D eigenvalue weighted by Gasteiger charge is -2.33. The van der Waals surface area contributed by atoms with Gasteiger partial charge in [0.1, 0.15) is 0 Å². The van der Waals surface area contributed by atoms with Gasteiger partial charge in [-0.15, -0.1) is 11.3 Å². The van der Waals surface area contributed by atoms with Crippen molar-refractivity contribution in [3.63, 3.8) is 0 Å². The van der Waals surface area contributed by atoms with Crippen molar-refractivity contribution >= 4 is 29.0 Å². The number of carbonyl (C=O) groups excluding carboxylic acids is 2. The molecule has 2 heterocycles. The van der Waals surface area contributed by atoms with Crippen LogP contribution >= 0.6 is 11.3 Å². The Morgan fingerprint density at radius 3 is 2.52 bits per heavy atom. The molecule has 1 N–H and O–H groups in total. The molecule has 0 aliphatic carbocycles. The first-order valence-electron chi connectivity index (χ1n) is 8.52. The number of piperidine rings is 1. The fraction of sp³-hybridized carbons (Fsp3) is 0.368. The number of likely N-dealkylation sites (tertiary alicyclic amines) is 1. The molecule has 0 spiro atoms. The molecule has 0 bridgehead atoms. The van der Waals surface area contributed by atoms with E-state index < -0.39 is 0 Å². The topological polar surface area (TPSA) is 52.7 Å². The number of rotatable bonds is 4. The Labute approximate surface area is 152 Å². The van der Waals surface area contributed by atoms with Gasteiger partial charge in [-0.1, -0.05) is 24.3 Å². The zero-order chi connectivity index (χ0) is 17.6. The minimum atomic E-state index is -0.0935. The van der Waals surface area contributed by atoms with Crippen LogP contribution in [-0.2, 0) is 11.3 Å². The highest BCUT2D eigenvalue weighted by molar-refractivity contribution is 7.09. The van der Waals surface area contributed by atoms with Crippen molar-refractivity contribution in [2.75, 3.05) is 25.5 Å². The average Bonchev–Trinajstić information content (AvgIpc) is 3.15. The van der Waals surface area contributed by atoms with Crippen LogP contribution in [0.1, 0.15) is 17.7 Å². The molecule has 1 aliphatic rings. The minimum absolute atomic E-state index is 0.00531. The largest absolute Gasteiger partial charge is 0.340 e. The van der Waals surface area contributed by atoms with Crippen LogP contribution in [0.15, 0.2) is 47.8 Å². The normalized spacial score (nSPS) is 15.0. The standard InChI is InChI=1S/C19H23N3O2S/c1-21(14-17-8-5-13-25-17)18(23)15-9-11-22(12-10-15)19(24)20-16-6-3-2-4-7-16/h2-8,13,15H,9-12,14H2,1H3,(H,20,24). The fourth-order valence-corrected chi connectivity index (χ4v) is 3.84. The van der Waals surface area contributed by atoms with Crippen LogP contribution in [0.4, 0.5) is 10.5 Å². The summed E-state index contributed by atoms with van der Waals surface area (Å²) in [6.45, 7) is 1.88. The number of carbonyl (C=O) groups is 2. The maximum atomic E-state index is 12.6. The second-order valence-electron chi connectivity index (χ2n) is 6.33. The van der Waals surface area contributed by atoms with Gasteiger partial charge in [0.2, 0.25) is 5.91 Å². The third kappa shape index (κ3) is 4.60. The van der Waals surface area contributed by atoms with Gasteiger partial charge in [0.05, 0.1) is 6.54 Å². The first-order chi connectivity index (χ1) is 12.1. The van der Waals surface area contributed by atoms with E-state index in [1.54, 1.807) is 21.1 Å². The number of para-hydroxylation sites is 1. The van der Waals surface area contributed by atoms with Crippen molar-refractivity contribution in [3.8, 4) is 0 Å². The predicted molar refractivity (Wildman–Crippen MR) is 101 cm³/mol. The molecule has 0 saturated carbocycles. The van der Waals surface area contributed by atoms with E-state index >= 15 is 0 Å². The van der Waals surface area contributed by atoms with Gasteiger partial charge in [-0.3, -0.25) is 4.79 Å². The summed E-state index contributed by atoms with van der Waals surface area (Å²) in [7, 11) is 1.86. The van der Waals surface area contributed by atoms with Crippen LogP contribution in [0.3, 0.4) is 0 Å². The molecule has 2 aromatic rings. The van der Waals surface area contributed by atoms with E-state index in [9.17, 15) is 9.59 Å². The number of hydrogen-bond acceptors (Lipinski definition) is 3. The summed E-state index contributed by atoms with van der Waals surface area (Å²) in [5.74, 6) is 0.183. The Balaban J connectivity index is 1.47. The lowest BCUT2D eigenvalue weighted by Crippen LogP contribution is -2.44. The molecule has 5 nitrogen and oxygen atoms in total. The van der Waals surface area contributed by atoms with E-state index in [0.29, 0.717) is 19.6 Å². The van der Waals surface area contributed by atoms with Gasteiger partial charge in [-0.25, -0.2) is 4.79 Å². The van der Waals surface area contributed by atoms with Crippen LogP contribution in [0, 0.1) is 5.92 Å². The van der Waals surface area contributed by atoms with Gasteiger partial charge in [0.25, 0.3) is 0 Å². The Kier molecular flexibility index (Phi) is 5.71. The summed E-state index contributed by atoms with van der Waals surface area (Å²) in [5.41, 5.74) is 0.793. The van der Waals surface area contributed by atoms with Gasteiger partial charge in [0, 0.05) is 36.6 Å². The molecule has 0 unspecified atom stereocenters. The number of urea groups is 1. The summed E-state index contributed by atoms with van der Waals surface area (Å²) in [6, 6.07) is 13.4. The lowest BCUT2D eigenvalue weighted by atomic mass is 9.95. The van der Waals surface area contributed by atoms with Crippen molar-refractivity contribution in [1.29, 1.82) is 0 Å². The Morgan fingerprint density at radius 2 is 1.88 bits per heavy atom. The Morgan fingerprint density at radius 1 is 1.16 bits per heavy atom. The smallest absolute Gasteiger partial charge is 0.321 e. The maximum absolute atomic E-state index is 12.6. The van der Waals surface area contributed by atoms with E-state index in [2.05, 4.69) is 5.32 Å². The number of nitrogens with one attached hydrogen (secondary N) is 1. The predicted octanol–water partition coefficient (Wildman–Crippen LogP) is 3.65. The molecule has 3 amide bonds. The number of hydrogen-bond donors (Lipinski definition) is 1. The van der Waals surface area contributed by atoms with Crippen LogP contribution in [0.25, 0.3) is 0 Å². The van der Waals surface area contributed by atoms with Crippen molar-refractivity contribution in [3.05, 3.63) is 52.7 Å². The van der Waals surface area contributed by atoms with Crippen LogP contribution in [-0.4, -0.2) is 41.9 Å². The number of anilines is 1. The lowest BCUT2D eigenvalue weighted by molar-refractivity contribution is -0.136. The molecule has 3 rings (SSSR count). The average molecular weight is 357 g/mol. The number of amides is 3. The van der Waals surface area contributed by atoms with Gasteiger partial charge in [-0.2, -0.15) is 0 Å². The molecule has 1 aromatic carbocycles. The number of nitrogens with zero attached hydrogens (tertiary/aromatic N) is 2. The highest BCUT2D eigenvalue weighted by atomic mass is 32.1. The van der Waals surface area contributed by atoms with Crippen LogP contribution in [0.2, 0.25) is 0 Å². The fourth-order valence-electron chi connectivity index (χ4n) is 3.08. The monoisotopic (exact) mass is 357 g/mol. The zero-order valence-electron chi connectivity index (χ0n) is 14.4. The summed E-state index contributed by atoms with van der Waals surface area (Å²) >= 11 is 1.67. The molecule has 1 saturated heterocycles. The van der Waals surface area contributed by atoms with Gasteiger partial charge in [0.15, 0.2) is 0 Å². The first-order valence-corrected chi connectivity index (χ1v) is 9.40. The molecular weight excluding hydrogens is 334 g/mol. The molecule has 1 fully saturated rings. The molecule has 0 radical (unpaired) electrons. The van der Waals surface area contributed by atoms with E-state index in [1.807, 2.05) is 54.9 Å². The van der Waals surface area contributed by atoms with Crippen molar-refractivity contribution in [2.24, 2.45) is 5.92 Å². The maximum Gasteiger partial charge on any atom is 0.321 e. The molecule has 25 heavy (non-hydrogen) atoms. The van der Waals surface area contributed by atoms with Gasteiger partial charge in [-0.05, 0) is 36.4 Å². The van der Waals surface area contributed by atoms with Gasteiger partial charge < -0.3 is 15.1 Å². The van der Waals surface area contributed by atoms with E-state index in [-0.39, 0.29) is 17.9 Å². The molecule has 1 aliphatic heterocycles. The van der Waals surface area contributed by atoms with E-state index in [1.165, 1.54) is 4.88 Å². The first kappa shape index (κ1) is 17.5.